The first-order valence-electron chi connectivity index (χ1n) is 8.78. The van der Waals surface area contributed by atoms with Gasteiger partial charge < -0.3 is 39.7 Å². The van der Waals surface area contributed by atoms with E-state index in [4.69, 9.17) is 31.9 Å². The number of anilines is 1. The number of hydrogen-bond donors (Lipinski definition) is 7. The van der Waals surface area contributed by atoms with Crippen LogP contribution in [-0.4, -0.2) is 63.7 Å². The molecule has 2 aromatic rings. The number of nitrogens with two attached hydrogens (primary N) is 1. The number of halogens is 2. The number of aliphatic hydroxyl groups is 1. The van der Waals surface area contributed by atoms with Gasteiger partial charge in [0.25, 0.3) is 5.56 Å². The second-order valence-corrected chi connectivity index (χ2v) is 11.4. The van der Waals surface area contributed by atoms with E-state index >= 15 is 4.39 Å². The van der Waals surface area contributed by atoms with Crippen LogP contribution in [0.5, 0.6) is 0 Å². The second-order valence-electron chi connectivity index (χ2n) is 6.76. The summed E-state index contributed by atoms with van der Waals surface area (Å²) in [4.78, 5) is 54.0. The molecule has 0 spiro atoms. The van der Waals surface area contributed by atoms with Gasteiger partial charge in [0.05, 0.1) is 12.0 Å². The summed E-state index contributed by atoms with van der Waals surface area (Å²) >= 11 is 5.31. The van der Waals surface area contributed by atoms with E-state index in [1.54, 1.807) is 5.38 Å². The van der Waals surface area contributed by atoms with Crippen molar-refractivity contribution in [3.05, 3.63) is 22.6 Å². The molecule has 3 unspecified atom stereocenters. The smallest absolute Gasteiger partial charge is 0.386 e. The van der Waals surface area contributed by atoms with Crippen LogP contribution < -0.4 is 11.3 Å². The van der Waals surface area contributed by atoms with E-state index in [9.17, 15) is 33.4 Å². The van der Waals surface area contributed by atoms with Crippen LogP contribution in [0.15, 0.2) is 17.1 Å². The minimum absolute atomic E-state index is 0.0461. The lowest BCUT2D eigenvalue weighted by Gasteiger charge is -2.24. The van der Waals surface area contributed by atoms with Gasteiger partial charge in [-0.25, -0.2) is 18.1 Å². The van der Waals surface area contributed by atoms with Gasteiger partial charge in [0.2, 0.25) is 11.6 Å². The molecule has 3 rings (SSSR count). The van der Waals surface area contributed by atoms with Crippen molar-refractivity contribution in [2.75, 3.05) is 12.3 Å². The number of alkyl halides is 1. The molecule has 0 radical (unpaired) electrons. The van der Waals surface area contributed by atoms with Crippen molar-refractivity contribution in [1.82, 2.24) is 14.5 Å². The van der Waals surface area contributed by atoms with Crippen molar-refractivity contribution in [3.63, 3.8) is 0 Å². The quantitative estimate of drug-likeness (QED) is 0.157. The van der Waals surface area contributed by atoms with Crippen LogP contribution in [0.25, 0.3) is 11.0 Å². The average Bonchev–Trinajstić information content (AvgIpc) is 3.17. The molecule has 8 N–H and O–H groups in total. The van der Waals surface area contributed by atoms with Crippen molar-refractivity contribution in [3.8, 4) is 11.3 Å². The Morgan fingerprint density at radius 1 is 1.29 bits per heavy atom. The summed E-state index contributed by atoms with van der Waals surface area (Å²) in [5, 5.41) is 12.2. The molecule has 1 fully saturated rings. The number of ether oxygens (including phenoxy) is 1. The van der Waals surface area contributed by atoms with Crippen LogP contribution in [0.1, 0.15) is 6.23 Å². The summed E-state index contributed by atoms with van der Waals surface area (Å²) in [6.45, 7) is -1.19. The number of hydrogen-bond acceptors (Lipinski definition) is 11. The van der Waals surface area contributed by atoms with Crippen LogP contribution in [0.4, 0.5) is 10.3 Å². The summed E-state index contributed by atoms with van der Waals surface area (Å²) in [5.74, 6) is 1.56. The van der Waals surface area contributed by atoms with Gasteiger partial charge >= 0.3 is 23.5 Å². The van der Waals surface area contributed by atoms with E-state index < -0.39 is 59.7 Å². The fourth-order valence-electron chi connectivity index (χ4n) is 3.08. The van der Waals surface area contributed by atoms with Gasteiger partial charge in [0.1, 0.15) is 12.2 Å². The average molecular weight is 583 g/mol. The highest BCUT2D eigenvalue weighted by atomic mass is 35.5. The zero-order chi connectivity index (χ0) is 26.4. The molecule has 3 heterocycles. The largest absolute Gasteiger partial charge is 0.490 e. The van der Waals surface area contributed by atoms with Gasteiger partial charge in [-0.2, -0.15) is 13.6 Å². The third-order valence-electron chi connectivity index (χ3n) is 4.35. The Morgan fingerprint density at radius 2 is 1.94 bits per heavy atom. The number of aromatic amines is 1. The molecule has 2 aromatic heterocycles. The molecular weight excluding hydrogens is 568 g/mol. The highest BCUT2D eigenvalue weighted by Crippen LogP contribution is 2.66. The maximum Gasteiger partial charge on any atom is 0.490 e. The third kappa shape index (κ3) is 6.19. The van der Waals surface area contributed by atoms with Crippen LogP contribution in [0.2, 0.25) is 0 Å². The first-order chi connectivity index (χ1) is 16.0. The number of fused-ring (bicyclic) bond motifs is 1. The van der Waals surface area contributed by atoms with E-state index in [0.29, 0.717) is 0 Å². The van der Waals surface area contributed by atoms with Gasteiger partial charge in [-0.15, -0.1) is 0 Å². The summed E-state index contributed by atoms with van der Waals surface area (Å²) < 4.78 is 67.6. The summed E-state index contributed by atoms with van der Waals surface area (Å²) in [7, 11) is -17.0. The lowest BCUT2D eigenvalue weighted by Crippen LogP contribution is -2.42. The van der Waals surface area contributed by atoms with Crippen molar-refractivity contribution in [2.45, 2.75) is 24.1 Å². The molecule has 1 aliphatic heterocycles. The Bertz CT molecular complexity index is 1400. The summed E-state index contributed by atoms with van der Waals surface area (Å²) in [6, 6.07) is 1.23. The molecule has 0 bridgehead atoms. The summed E-state index contributed by atoms with van der Waals surface area (Å²) in [6.07, 6.45) is -4.77. The van der Waals surface area contributed by atoms with E-state index in [-0.39, 0.29) is 17.0 Å². The van der Waals surface area contributed by atoms with E-state index in [0.717, 1.165) is 10.8 Å². The number of nitrogens with zero attached hydrogens (tertiary/aromatic N) is 2. The van der Waals surface area contributed by atoms with Gasteiger partial charge in [0.15, 0.2) is 11.9 Å². The van der Waals surface area contributed by atoms with Crippen molar-refractivity contribution in [1.29, 1.82) is 0 Å². The number of rotatable bonds is 8. The maximum atomic E-state index is 15.8. The summed E-state index contributed by atoms with van der Waals surface area (Å²) in [5.41, 5.74) is 1.63. The second kappa shape index (κ2) is 9.66. The minimum atomic E-state index is -5.81. The number of nitrogens with one attached hydrogen (secondary N) is 1. The number of H-pyrrole nitrogens is 1. The zero-order valence-electron chi connectivity index (χ0n) is 16.7. The Balaban J connectivity index is 1.87. The molecule has 194 valence electrons. The van der Waals surface area contributed by atoms with Crippen LogP contribution in [0.3, 0.4) is 0 Å². The number of phosphoric acid groups is 3. The predicted octanol–water partition coefficient (Wildman–Crippen LogP) is -0.184. The Morgan fingerprint density at radius 3 is 2.54 bits per heavy atom. The topological polar surface area (TPSA) is 266 Å². The molecule has 0 amide bonds. The molecule has 0 saturated carbocycles. The molecule has 0 aliphatic carbocycles. The minimum Gasteiger partial charge on any atom is -0.386 e. The Labute approximate surface area is 198 Å². The lowest BCUT2D eigenvalue weighted by molar-refractivity contribution is -0.0493. The van der Waals surface area contributed by atoms with Gasteiger partial charge in [-0.3, -0.25) is 14.3 Å². The third-order valence-corrected chi connectivity index (χ3v) is 8.25. The van der Waals surface area contributed by atoms with E-state index in [2.05, 4.69) is 23.1 Å². The fourth-order valence-corrected chi connectivity index (χ4v) is 6.26. The highest BCUT2D eigenvalue weighted by Gasteiger charge is 2.58. The fraction of sp³-hybridized carbons (Fsp3) is 0.385. The van der Waals surface area contributed by atoms with E-state index in [1.165, 1.54) is 6.07 Å². The highest BCUT2D eigenvalue weighted by molar-refractivity contribution is 7.66. The molecular formula is C13H15ClFN4O13P3. The molecule has 6 atom stereocenters. The number of phosphoric ester groups is 1. The molecule has 22 heteroatoms. The molecule has 1 aliphatic rings. The monoisotopic (exact) mass is 582 g/mol. The normalized spacial score (nSPS) is 28.3. The first kappa shape index (κ1) is 27.9. The van der Waals surface area contributed by atoms with Gasteiger partial charge in [-0.05, 0) is 23.6 Å². The van der Waals surface area contributed by atoms with Crippen molar-refractivity contribution >= 4 is 52.1 Å². The van der Waals surface area contributed by atoms with Crippen LogP contribution in [-0.2, 0) is 31.6 Å². The number of aromatic nitrogens is 3. The standard InChI is InChI=1S/C13H15ClFN4O13P3/c14-3-2-13(15)8(20)7(5-29-34(25,26)32-35(27,28)31-33(22,23)24)30-11(13)19-4-1-6-9(19)17-12(16)18-10(6)21/h1,4,7-8,11,20H,5H2,(H,25,26)(H,27,28)(H2,22,23,24)(H3,16,17,18,21)/t7-,8+,11-,13?/m1/s1. The molecule has 35 heavy (non-hydrogen) atoms. The Hall–Kier alpha value is -1.67. The maximum absolute atomic E-state index is 15.8. The Kier molecular flexibility index (Phi) is 7.70. The molecule has 17 nitrogen and oxygen atoms in total. The number of aliphatic hydroxyl groups excluding tert-OH is 1. The number of nitrogen functional groups attached to an aromatic ring is 1. The predicted molar refractivity (Wildman–Crippen MR) is 112 cm³/mol. The SMILES string of the molecule is Nc1nc2c(ccn2[C@@H]2O[C@H](COP(=O)(O)OP(=O)(O)OP(=O)(O)O)[C@H](O)C2(F)C#CCl)c(=O)[nH]1. The first-order valence-corrected chi connectivity index (χ1v) is 13.7. The zero-order valence-corrected chi connectivity index (χ0v) is 20.1. The lowest BCUT2D eigenvalue weighted by atomic mass is 9.97. The van der Waals surface area contributed by atoms with Gasteiger partial charge in [-0.1, -0.05) is 0 Å². The molecule has 0 aromatic carbocycles. The molecule has 1 saturated heterocycles. The van der Waals surface area contributed by atoms with Crippen molar-refractivity contribution < 1.29 is 60.6 Å². The van der Waals surface area contributed by atoms with Gasteiger partial charge in [0, 0.05) is 11.6 Å². The van der Waals surface area contributed by atoms with Crippen molar-refractivity contribution in [2.24, 2.45) is 0 Å². The van der Waals surface area contributed by atoms with E-state index in [1.807, 2.05) is 5.92 Å². The van der Waals surface area contributed by atoms with Crippen LogP contribution >= 0.6 is 35.1 Å². The van der Waals surface area contributed by atoms with Crippen LogP contribution in [0, 0.1) is 11.3 Å².